The molecule has 5 nitrogen and oxygen atoms in total. The summed E-state index contributed by atoms with van der Waals surface area (Å²) in [5.41, 5.74) is -0.0267. The minimum absolute atomic E-state index is 0.0269. The Labute approximate surface area is 142 Å². The van der Waals surface area contributed by atoms with Crippen LogP contribution < -0.4 is 5.32 Å². The van der Waals surface area contributed by atoms with E-state index in [4.69, 9.17) is 5.26 Å². The van der Waals surface area contributed by atoms with Crippen molar-refractivity contribution in [2.45, 2.75) is 51.5 Å². The van der Waals surface area contributed by atoms with Crippen molar-refractivity contribution < 1.29 is 9.59 Å². The van der Waals surface area contributed by atoms with Crippen molar-refractivity contribution in [3.63, 3.8) is 0 Å². The summed E-state index contributed by atoms with van der Waals surface area (Å²) in [6.07, 6.45) is 5.31. The highest BCUT2D eigenvalue weighted by Gasteiger charge is 2.58. The van der Waals surface area contributed by atoms with Crippen LogP contribution in [0.3, 0.4) is 0 Å². The molecule has 1 saturated heterocycles. The van der Waals surface area contributed by atoms with E-state index in [1.807, 2.05) is 4.90 Å². The van der Waals surface area contributed by atoms with E-state index in [9.17, 15) is 9.59 Å². The molecule has 5 heteroatoms. The van der Waals surface area contributed by atoms with Crippen LogP contribution in [0.2, 0.25) is 0 Å². The summed E-state index contributed by atoms with van der Waals surface area (Å²) in [6.45, 7) is 2.85. The summed E-state index contributed by atoms with van der Waals surface area (Å²) in [5.74, 6) is -0.295. The quantitative estimate of drug-likeness (QED) is 0.865. The summed E-state index contributed by atoms with van der Waals surface area (Å²) >= 11 is 0. The third kappa shape index (κ3) is 2.89. The highest BCUT2D eigenvalue weighted by molar-refractivity contribution is 6.13. The fourth-order valence-corrected chi connectivity index (χ4v) is 3.56. The average molecular weight is 325 g/mol. The van der Waals surface area contributed by atoms with E-state index in [1.54, 1.807) is 24.3 Å². The average Bonchev–Trinajstić information content (AvgIpc) is 3.43. The lowest BCUT2D eigenvalue weighted by Gasteiger charge is -2.37. The van der Waals surface area contributed by atoms with Crippen LogP contribution in [0.25, 0.3) is 0 Å². The molecule has 0 radical (unpaired) electrons. The molecule has 126 valence electrons. The monoisotopic (exact) mass is 325 g/mol. The first-order valence-corrected chi connectivity index (χ1v) is 8.74. The largest absolute Gasteiger partial charge is 0.339 e. The number of anilines is 1. The predicted molar refractivity (Wildman–Crippen MR) is 91.1 cm³/mol. The molecule has 1 aromatic carbocycles. The lowest BCUT2D eigenvalue weighted by atomic mass is 9.95. The van der Waals surface area contributed by atoms with Gasteiger partial charge >= 0.3 is 0 Å². The van der Waals surface area contributed by atoms with Crippen molar-refractivity contribution in [2.24, 2.45) is 5.41 Å². The minimum Gasteiger partial charge on any atom is -0.339 e. The van der Waals surface area contributed by atoms with Gasteiger partial charge in [0.25, 0.3) is 0 Å². The molecule has 2 aliphatic rings. The number of hydrogen-bond donors (Lipinski definition) is 1. The van der Waals surface area contributed by atoms with E-state index in [0.29, 0.717) is 24.1 Å². The number of likely N-dealkylation sites (tertiary alicyclic amines) is 1. The first kappa shape index (κ1) is 16.5. The second-order valence-corrected chi connectivity index (χ2v) is 6.75. The number of carbonyl (C=O) groups excluding carboxylic acids is 2. The Kier molecular flexibility index (Phi) is 4.57. The first-order valence-electron chi connectivity index (χ1n) is 8.74. The van der Waals surface area contributed by atoms with Crippen molar-refractivity contribution >= 4 is 17.5 Å². The number of nitriles is 1. The van der Waals surface area contributed by atoms with Gasteiger partial charge in [0.2, 0.25) is 11.8 Å². The van der Waals surface area contributed by atoms with Crippen molar-refractivity contribution in [3.8, 4) is 6.07 Å². The molecule has 0 spiro atoms. The van der Waals surface area contributed by atoms with Gasteiger partial charge in [-0.3, -0.25) is 9.59 Å². The van der Waals surface area contributed by atoms with Gasteiger partial charge in [-0.15, -0.1) is 0 Å². The zero-order valence-electron chi connectivity index (χ0n) is 14.0. The Hall–Kier alpha value is -2.35. The number of amides is 2. The molecular weight excluding hydrogens is 302 g/mol. The van der Waals surface area contributed by atoms with Gasteiger partial charge in [0.05, 0.1) is 11.3 Å². The summed E-state index contributed by atoms with van der Waals surface area (Å²) < 4.78 is 0. The van der Waals surface area contributed by atoms with Crippen molar-refractivity contribution in [1.82, 2.24) is 4.90 Å². The Morgan fingerprint density at radius 2 is 2.08 bits per heavy atom. The molecule has 1 aliphatic carbocycles. The first-order chi connectivity index (χ1) is 11.6. The van der Waals surface area contributed by atoms with E-state index in [-0.39, 0.29) is 17.9 Å². The number of rotatable bonds is 4. The van der Waals surface area contributed by atoms with E-state index < -0.39 is 5.41 Å². The molecule has 24 heavy (non-hydrogen) atoms. The van der Waals surface area contributed by atoms with Gasteiger partial charge in [-0.05, 0) is 50.7 Å². The Morgan fingerprint density at radius 3 is 2.75 bits per heavy atom. The summed E-state index contributed by atoms with van der Waals surface area (Å²) in [5, 5.41) is 12.0. The van der Waals surface area contributed by atoms with Crippen molar-refractivity contribution in [3.05, 3.63) is 29.8 Å². The number of benzene rings is 1. The van der Waals surface area contributed by atoms with Crippen LogP contribution in [-0.2, 0) is 9.59 Å². The smallest absolute Gasteiger partial charge is 0.240 e. The van der Waals surface area contributed by atoms with Crippen LogP contribution in [0.5, 0.6) is 0 Å². The van der Waals surface area contributed by atoms with Crippen LogP contribution in [0.4, 0.5) is 5.69 Å². The second-order valence-electron chi connectivity index (χ2n) is 6.75. The Bertz CT molecular complexity index is 688. The number of para-hydroxylation sites is 1. The van der Waals surface area contributed by atoms with E-state index in [0.717, 1.165) is 32.2 Å². The molecule has 1 saturated carbocycles. The van der Waals surface area contributed by atoms with Gasteiger partial charge < -0.3 is 10.2 Å². The maximum absolute atomic E-state index is 13.0. The molecular formula is C19H23N3O2. The summed E-state index contributed by atoms with van der Waals surface area (Å²) in [6, 6.07) is 9.22. The molecule has 2 fully saturated rings. The van der Waals surface area contributed by atoms with E-state index in [1.165, 1.54) is 0 Å². The zero-order chi connectivity index (χ0) is 17.2. The van der Waals surface area contributed by atoms with Crippen LogP contribution in [0.1, 0.15) is 51.0 Å². The molecule has 2 amide bonds. The molecule has 1 aliphatic heterocycles. The molecule has 0 aromatic heterocycles. The Balaban J connectivity index is 1.76. The van der Waals surface area contributed by atoms with Crippen molar-refractivity contribution in [2.75, 3.05) is 11.9 Å². The fourth-order valence-electron chi connectivity index (χ4n) is 3.56. The number of hydrogen-bond acceptors (Lipinski definition) is 3. The molecule has 1 unspecified atom stereocenters. The zero-order valence-corrected chi connectivity index (χ0v) is 14.0. The van der Waals surface area contributed by atoms with Gasteiger partial charge in [-0.1, -0.05) is 19.1 Å². The fraction of sp³-hybridized carbons (Fsp3) is 0.526. The standard InChI is InChI=1S/C19H23N3O2/c1-2-15-8-5-6-12-22(15)18(24)19(10-11-19)17(23)21-16-9-4-3-7-14(16)13-20/h3-4,7,9,15H,2,5-6,8,10-12H2,1H3,(H,21,23). The summed E-state index contributed by atoms with van der Waals surface area (Å²) in [7, 11) is 0. The van der Waals surface area contributed by atoms with Gasteiger partial charge in [0, 0.05) is 12.6 Å². The van der Waals surface area contributed by atoms with Crippen LogP contribution >= 0.6 is 0 Å². The van der Waals surface area contributed by atoms with Gasteiger partial charge in [0.1, 0.15) is 11.5 Å². The van der Waals surface area contributed by atoms with Gasteiger partial charge in [-0.2, -0.15) is 5.26 Å². The predicted octanol–water partition coefficient (Wildman–Crippen LogP) is 3.07. The molecule has 3 rings (SSSR count). The SMILES string of the molecule is CCC1CCCCN1C(=O)C1(C(=O)Nc2ccccc2C#N)CC1. The highest BCUT2D eigenvalue weighted by atomic mass is 16.2. The molecule has 1 N–H and O–H groups in total. The molecule has 0 bridgehead atoms. The van der Waals surface area contributed by atoms with Gasteiger partial charge in [0.15, 0.2) is 0 Å². The van der Waals surface area contributed by atoms with Gasteiger partial charge in [-0.25, -0.2) is 0 Å². The number of nitrogens with zero attached hydrogens (tertiary/aromatic N) is 2. The van der Waals surface area contributed by atoms with Crippen LogP contribution in [-0.4, -0.2) is 29.3 Å². The molecule has 1 heterocycles. The third-order valence-electron chi connectivity index (χ3n) is 5.25. The normalized spacial score (nSPS) is 21.7. The maximum atomic E-state index is 13.0. The lowest BCUT2D eigenvalue weighted by molar-refractivity contribution is -0.145. The van der Waals surface area contributed by atoms with Crippen LogP contribution in [0.15, 0.2) is 24.3 Å². The molecule has 1 atom stereocenters. The topological polar surface area (TPSA) is 73.2 Å². The summed E-state index contributed by atoms with van der Waals surface area (Å²) in [4.78, 5) is 27.7. The number of nitrogens with one attached hydrogen (secondary N) is 1. The lowest BCUT2D eigenvalue weighted by Crippen LogP contribution is -2.49. The van der Waals surface area contributed by atoms with Crippen LogP contribution in [0, 0.1) is 16.7 Å². The number of piperidine rings is 1. The molecule has 1 aromatic rings. The van der Waals surface area contributed by atoms with Crippen molar-refractivity contribution in [1.29, 1.82) is 5.26 Å². The maximum Gasteiger partial charge on any atom is 0.240 e. The number of carbonyl (C=O) groups is 2. The van der Waals surface area contributed by atoms with E-state index in [2.05, 4.69) is 18.3 Å². The van der Waals surface area contributed by atoms with E-state index >= 15 is 0 Å². The minimum atomic E-state index is -0.923. The second kappa shape index (κ2) is 6.64. The Morgan fingerprint density at radius 1 is 1.33 bits per heavy atom. The highest BCUT2D eigenvalue weighted by Crippen LogP contribution is 2.49. The third-order valence-corrected chi connectivity index (χ3v) is 5.25.